The second kappa shape index (κ2) is 8.75. The summed E-state index contributed by atoms with van der Waals surface area (Å²) in [6, 6.07) is 9.65. The van der Waals surface area contributed by atoms with Crippen molar-refractivity contribution < 1.29 is 9.18 Å². The van der Waals surface area contributed by atoms with E-state index < -0.39 is 0 Å². The van der Waals surface area contributed by atoms with Crippen molar-refractivity contribution in [2.75, 3.05) is 5.32 Å². The number of halogens is 1. The van der Waals surface area contributed by atoms with Gasteiger partial charge in [-0.3, -0.25) is 4.79 Å². The first-order chi connectivity index (χ1) is 13.0. The van der Waals surface area contributed by atoms with Crippen LogP contribution >= 0.6 is 0 Å². The van der Waals surface area contributed by atoms with Gasteiger partial charge >= 0.3 is 0 Å². The number of carbonyl (C=O) groups is 1. The Bertz CT molecular complexity index is 902. The van der Waals surface area contributed by atoms with Crippen molar-refractivity contribution in [3.8, 4) is 0 Å². The Morgan fingerprint density at radius 2 is 2.00 bits per heavy atom. The van der Waals surface area contributed by atoms with E-state index >= 15 is 0 Å². The first-order valence-corrected chi connectivity index (χ1v) is 9.38. The van der Waals surface area contributed by atoms with Crippen molar-refractivity contribution in [3.63, 3.8) is 0 Å². The molecule has 142 valence electrons. The van der Waals surface area contributed by atoms with E-state index in [1.54, 1.807) is 18.3 Å². The molecule has 27 heavy (non-hydrogen) atoms. The number of amides is 1. The second-order valence-corrected chi connectivity index (χ2v) is 7.12. The van der Waals surface area contributed by atoms with Gasteiger partial charge in [0.05, 0.1) is 0 Å². The van der Waals surface area contributed by atoms with E-state index in [9.17, 15) is 9.18 Å². The van der Waals surface area contributed by atoms with Crippen LogP contribution in [0.5, 0.6) is 0 Å². The van der Waals surface area contributed by atoms with Crippen molar-refractivity contribution in [1.82, 2.24) is 14.5 Å². The molecule has 0 fully saturated rings. The Kier molecular flexibility index (Phi) is 6.16. The van der Waals surface area contributed by atoms with Crippen LogP contribution in [0.25, 0.3) is 11.2 Å². The zero-order valence-electron chi connectivity index (χ0n) is 15.8. The lowest BCUT2D eigenvalue weighted by Crippen LogP contribution is -2.12. The van der Waals surface area contributed by atoms with Crippen LogP contribution in [0.15, 0.2) is 42.6 Å². The average molecular weight is 368 g/mol. The highest BCUT2D eigenvalue weighted by molar-refractivity contribution is 5.90. The number of imidazole rings is 1. The number of aromatic nitrogens is 3. The average Bonchev–Trinajstić information content (AvgIpc) is 2.99. The Balaban J connectivity index is 1.61. The van der Waals surface area contributed by atoms with E-state index in [0.717, 1.165) is 30.0 Å². The van der Waals surface area contributed by atoms with E-state index in [0.29, 0.717) is 30.9 Å². The van der Waals surface area contributed by atoms with Gasteiger partial charge in [0, 0.05) is 31.3 Å². The fourth-order valence-corrected chi connectivity index (χ4v) is 2.98. The summed E-state index contributed by atoms with van der Waals surface area (Å²) in [5.74, 6) is 1.17. The van der Waals surface area contributed by atoms with Crippen LogP contribution in [-0.2, 0) is 17.8 Å². The molecule has 0 spiro atoms. The van der Waals surface area contributed by atoms with Crippen molar-refractivity contribution >= 4 is 22.8 Å². The predicted molar refractivity (Wildman–Crippen MR) is 105 cm³/mol. The smallest absolute Gasteiger partial charge is 0.224 e. The number of nitrogens with one attached hydrogen (secondary N) is 1. The highest BCUT2D eigenvalue weighted by atomic mass is 19.1. The van der Waals surface area contributed by atoms with Crippen molar-refractivity contribution in [3.05, 3.63) is 54.2 Å². The van der Waals surface area contributed by atoms with Gasteiger partial charge in [-0.05, 0) is 55.2 Å². The summed E-state index contributed by atoms with van der Waals surface area (Å²) in [4.78, 5) is 21.3. The standard InChI is InChI=1S/C21H25FN4O/c1-15(2)12-14-26-19(25-18-5-4-13-23-21(18)26)6-3-7-20(27)24-17-10-8-16(22)9-11-17/h4-5,8-11,13,15H,3,6-7,12,14H2,1-2H3,(H,24,27). The van der Waals surface area contributed by atoms with Gasteiger partial charge in [0.2, 0.25) is 5.91 Å². The minimum Gasteiger partial charge on any atom is -0.326 e. The van der Waals surface area contributed by atoms with Gasteiger partial charge < -0.3 is 9.88 Å². The molecule has 0 saturated carbocycles. The van der Waals surface area contributed by atoms with Gasteiger partial charge in [0.1, 0.15) is 17.2 Å². The number of rotatable bonds is 8. The molecule has 0 radical (unpaired) electrons. The number of fused-ring (bicyclic) bond motifs is 1. The molecule has 0 aliphatic carbocycles. The van der Waals surface area contributed by atoms with Crippen LogP contribution in [0.3, 0.4) is 0 Å². The van der Waals surface area contributed by atoms with E-state index in [1.807, 2.05) is 12.1 Å². The van der Waals surface area contributed by atoms with E-state index in [2.05, 4.69) is 28.7 Å². The number of hydrogen-bond acceptors (Lipinski definition) is 3. The van der Waals surface area contributed by atoms with Crippen molar-refractivity contribution in [2.24, 2.45) is 5.92 Å². The Hall–Kier alpha value is -2.76. The molecule has 0 unspecified atom stereocenters. The van der Waals surface area contributed by atoms with Gasteiger partial charge in [0.15, 0.2) is 5.65 Å². The minimum absolute atomic E-state index is 0.0791. The highest BCUT2D eigenvalue weighted by Gasteiger charge is 2.12. The zero-order chi connectivity index (χ0) is 19.2. The molecular weight excluding hydrogens is 343 g/mol. The summed E-state index contributed by atoms with van der Waals surface area (Å²) >= 11 is 0. The Morgan fingerprint density at radius 1 is 1.22 bits per heavy atom. The molecule has 1 aromatic carbocycles. The Labute approximate surface area is 158 Å². The van der Waals surface area contributed by atoms with Crippen LogP contribution in [0.4, 0.5) is 10.1 Å². The molecule has 2 aromatic heterocycles. The lowest BCUT2D eigenvalue weighted by atomic mass is 10.1. The van der Waals surface area contributed by atoms with E-state index in [4.69, 9.17) is 4.98 Å². The number of nitrogens with zero attached hydrogens (tertiary/aromatic N) is 3. The summed E-state index contributed by atoms with van der Waals surface area (Å²) in [6.07, 6.45) is 4.64. The number of benzene rings is 1. The zero-order valence-corrected chi connectivity index (χ0v) is 15.8. The van der Waals surface area contributed by atoms with E-state index in [1.165, 1.54) is 12.1 Å². The maximum Gasteiger partial charge on any atom is 0.224 e. The summed E-state index contributed by atoms with van der Waals surface area (Å²) in [5, 5.41) is 2.79. The SMILES string of the molecule is CC(C)CCn1c(CCCC(=O)Nc2ccc(F)cc2)nc2cccnc21. The number of aryl methyl sites for hydroxylation is 2. The molecule has 0 atom stereocenters. The highest BCUT2D eigenvalue weighted by Crippen LogP contribution is 2.18. The fourth-order valence-electron chi connectivity index (χ4n) is 2.98. The first kappa shape index (κ1) is 19.0. The van der Waals surface area contributed by atoms with Crippen LogP contribution in [0.1, 0.15) is 38.9 Å². The molecule has 0 aliphatic rings. The van der Waals surface area contributed by atoms with Gasteiger partial charge in [-0.2, -0.15) is 0 Å². The molecule has 1 N–H and O–H groups in total. The second-order valence-electron chi connectivity index (χ2n) is 7.12. The predicted octanol–water partition coefficient (Wildman–Crippen LogP) is 4.58. The third-order valence-electron chi connectivity index (χ3n) is 4.45. The molecule has 0 aliphatic heterocycles. The van der Waals surface area contributed by atoms with Gasteiger partial charge in [-0.1, -0.05) is 13.8 Å². The van der Waals surface area contributed by atoms with Crippen molar-refractivity contribution in [1.29, 1.82) is 0 Å². The summed E-state index contributed by atoms with van der Waals surface area (Å²) < 4.78 is 15.1. The lowest BCUT2D eigenvalue weighted by molar-refractivity contribution is -0.116. The van der Waals surface area contributed by atoms with Gasteiger partial charge in [-0.15, -0.1) is 0 Å². The molecule has 3 aromatic rings. The van der Waals surface area contributed by atoms with Crippen molar-refractivity contribution in [2.45, 2.75) is 46.1 Å². The maximum atomic E-state index is 12.9. The molecule has 0 bridgehead atoms. The molecule has 3 rings (SSSR count). The summed E-state index contributed by atoms with van der Waals surface area (Å²) in [6.45, 7) is 5.28. The van der Waals surface area contributed by atoms with Crippen LogP contribution in [0.2, 0.25) is 0 Å². The molecular formula is C21H25FN4O. The summed E-state index contributed by atoms with van der Waals surface area (Å²) in [7, 11) is 0. The molecule has 6 heteroatoms. The molecule has 1 amide bonds. The largest absolute Gasteiger partial charge is 0.326 e. The van der Waals surface area contributed by atoms with Gasteiger partial charge in [0.25, 0.3) is 0 Å². The Morgan fingerprint density at radius 3 is 2.74 bits per heavy atom. The quantitative estimate of drug-likeness (QED) is 0.633. The summed E-state index contributed by atoms with van der Waals surface area (Å²) in [5.41, 5.74) is 2.41. The lowest BCUT2D eigenvalue weighted by Gasteiger charge is -2.10. The number of hydrogen-bond donors (Lipinski definition) is 1. The molecule has 2 heterocycles. The normalized spacial score (nSPS) is 11.3. The first-order valence-electron chi connectivity index (χ1n) is 9.38. The number of carbonyl (C=O) groups excluding carboxylic acids is 1. The third-order valence-corrected chi connectivity index (χ3v) is 4.45. The van der Waals surface area contributed by atoms with Crippen LogP contribution in [0, 0.1) is 11.7 Å². The minimum atomic E-state index is -0.318. The monoisotopic (exact) mass is 368 g/mol. The molecule has 0 saturated heterocycles. The van der Waals surface area contributed by atoms with Crippen LogP contribution < -0.4 is 5.32 Å². The molecule has 5 nitrogen and oxygen atoms in total. The van der Waals surface area contributed by atoms with E-state index in [-0.39, 0.29) is 11.7 Å². The van der Waals surface area contributed by atoms with Gasteiger partial charge in [-0.25, -0.2) is 14.4 Å². The number of anilines is 1. The fraction of sp³-hybridized carbons (Fsp3) is 0.381. The maximum absolute atomic E-state index is 12.9. The topological polar surface area (TPSA) is 59.8 Å². The number of pyridine rings is 1. The third kappa shape index (κ3) is 5.12. The van der Waals surface area contributed by atoms with Crippen LogP contribution in [-0.4, -0.2) is 20.4 Å².